The molecular weight excluding hydrogens is 396 g/mol. The molecule has 0 radical (unpaired) electrons. The molecule has 2 aromatic rings. The van der Waals surface area contributed by atoms with Gasteiger partial charge >= 0.3 is 0 Å². The molecule has 2 amide bonds. The minimum Gasteiger partial charge on any atom is -0.371 e. The Bertz CT molecular complexity index is 927. The molecule has 1 heterocycles. The quantitative estimate of drug-likeness (QED) is 0.573. The summed E-state index contributed by atoms with van der Waals surface area (Å²) in [5, 5.41) is 14.4. The van der Waals surface area contributed by atoms with Crippen LogP contribution in [0.4, 0.5) is 17.1 Å². The Balaban J connectivity index is 1.76. The van der Waals surface area contributed by atoms with Crippen molar-refractivity contribution < 1.29 is 14.5 Å². The summed E-state index contributed by atoms with van der Waals surface area (Å²) in [7, 11) is 1.50. The maximum atomic E-state index is 13.0. The number of carbonyl (C=O) groups excluding carboxylic acids is 2. The number of amides is 2. The van der Waals surface area contributed by atoms with E-state index in [0.29, 0.717) is 16.4 Å². The zero-order valence-electron chi connectivity index (χ0n) is 15.9. The number of nitro benzene ring substituents is 1. The smallest absolute Gasteiger partial charge is 0.270 e. The molecule has 8 nitrogen and oxygen atoms in total. The third-order valence-electron chi connectivity index (χ3n) is 4.72. The molecule has 1 aliphatic rings. The van der Waals surface area contributed by atoms with Gasteiger partial charge in [-0.15, -0.1) is 0 Å². The van der Waals surface area contributed by atoms with E-state index >= 15 is 0 Å². The Kier molecular flexibility index (Phi) is 6.33. The van der Waals surface area contributed by atoms with E-state index < -0.39 is 10.8 Å². The summed E-state index contributed by atoms with van der Waals surface area (Å²) >= 11 is 5.83. The first kappa shape index (κ1) is 20.6. The van der Waals surface area contributed by atoms with Gasteiger partial charge in [0.1, 0.15) is 0 Å². The summed E-state index contributed by atoms with van der Waals surface area (Å²) in [5.41, 5.74) is 1.29. The van der Waals surface area contributed by atoms with Crippen molar-refractivity contribution >= 4 is 40.5 Å². The highest BCUT2D eigenvalue weighted by molar-refractivity contribution is 6.30. The van der Waals surface area contributed by atoms with Crippen molar-refractivity contribution in [3.05, 3.63) is 63.2 Å². The minimum atomic E-state index is -0.530. The SMILES string of the molecule is CN(CC(=O)Nc1ccc(Cl)cc1)C(=O)c1cc([N+](=O)[O-])ccc1N1CCCC1. The van der Waals surface area contributed by atoms with E-state index in [4.69, 9.17) is 11.6 Å². The molecule has 0 unspecified atom stereocenters. The lowest BCUT2D eigenvalue weighted by molar-refractivity contribution is -0.384. The molecule has 3 rings (SSSR count). The number of nitro groups is 1. The van der Waals surface area contributed by atoms with Crippen LogP contribution in [0.2, 0.25) is 5.02 Å². The largest absolute Gasteiger partial charge is 0.371 e. The van der Waals surface area contributed by atoms with Crippen LogP contribution in [0.15, 0.2) is 42.5 Å². The molecule has 0 atom stereocenters. The summed E-state index contributed by atoms with van der Waals surface area (Å²) in [6.07, 6.45) is 2.01. The van der Waals surface area contributed by atoms with Crippen molar-refractivity contribution in [1.29, 1.82) is 0 Å². The molecule has 152 valence electrons. The van der Waals surface area contributed by atoms with Gasteiger partial charge in [-0.2, -0.15) is 0 Å². The number of non-ortho nitro benzene ring substituents is 1. The zero-order chi connectivity index (χ0) is 21.0. The standard InChI is InChI=1S/C20H21ClN4O4/c1-23(13-19(26)22-15-6-4-14(21)5-7-15)20(27)17-12-16(25(28)29)8-9-18(17)24-10-2-3-11-24/h4-9,12H,2-3,10-11,13H2,1H3,(H,22,26). The summed E-state index contributed by atoms with van der Waals surface area (Å²) in [6.45, 7) is 1.39. The van der Waals surface area contributed by atoms with Gasteiger partial charge in [0.2, 0.25) is 5.91 Å². The van der Waals surface area contributed by atoms with Crippen LogP contribution in [0, 0.1) is 10.1 Å². The van der Waals surface area contributed by atoms with E-state index in [1.807, 2.05) is 4.90 Å². The molecule has 1 fully saturated rings. The first-order chi connectivity index (χ1) is 13.8. The molecule has 0 aliphatic carbocycles. The Morgan fingerprint density at radius 2 is 1.83 bits per heavy atom. The summed E-state index contributed by atoms with van der Waals surface area (Å²) in [4.78, 5) is 39.3. The van der Waals surface area contributed by atoms with E-state index in [1.54, 1.807) is 30.3 Å². The van der Waals surface area contributed by atoms with Crippen LogP contribution in [-0.2, 0) is 4.79 Å². The highest BCUT2D eigenvalue weighted by Crippen LogP contribution is 2.29. The Labute approximate surface area is 173 Å². The number of benzene rings is 2. The molecule has 0 spiro atoms. The lowest BCUT2D eigenvalue weighted by Crippen LogP contribution is -2.36. The first-order valence-electron chi connectivity index (χ1n) is 9.19. The second-order valence-electron chi connectivity index (χ2n) is 6.87. The number of halogens is 1. The molecule has 29 heavy (non-hydrogen) atoms. The highest BCUT2D eigenvalue weighted by atomic mass is 35.5. The fourth-order valence-electron chi connectivity index (χ4n) is 3.27. The van der Waals surface area contributed by atoms with Crippen LogP contribution in [-0.4, -0.2) is 48.3 Å². The van der Waals surface area contributed by atoms with Gasteiger partial charge in [-0.3, -0.25) is 19.7 Å². The normalized spacial score (nSPS) is 13.2. The Morgan fingerprint density at radius 3 is 2.45 bits per heavy atom. The predicted octanol–water partition coefficient (Wildman–Crippen LogP) is 3.56. The van der Waals surface area contributed by atoms with Crippen molar-refractivity contribution in [2.24, 2.45) is 0 Å². The maximum absolute atomic E-state index is 13.0. The molecule has 9 heteroatoms. The fraction of sp³-hybridized carbons (Fsp3) is 0.300. The lowest BCUT2D eigenvalue weighted by atomic mass is 10.1. The predicted molar refractivity (Wildman–Crippen MR) is 112 cm³/mol. The number of rotatable bonds is 6. The van der Waals surface area contributed by atoms with E-state index in [0.717, 1.165) is 25.9 Å². The number of anilines is 2. The lowest BCUT2D eigenvalue weighted by Gasteiger charge is -2.23. The maximum Gasteiger partial charge on any atom is 0.270 e. The molecular formula is C20H21ClN4O4. The van der Waals surface area contributed by atoms with Gasteiger partial charge < -0.3 is 15.1 Å². The molecule has 1 aliphatic heterocycles. The van der Waals surface area contributed by atoms with Crippen LogP contribution in [0.25, 0.3) is 0 Å². The van der Waals surface area contributed by atoms with Crippen molar-refractivity contribution in [2.75, 3.05) is 36.9 Å². The van der Waals surface area contributed by atoms with Gasteiger partial charge in [-0.1, -0.05) is 11.6 Å². The van der Waals surface area contributed by atoms with Crippen LogP contribution < -0.4 is 10.2 Å². The molecule has 0 aromatic heterocycles. The van der Waals surface area contributed by atoms with Crippen LogP contribution in [0.1, 0.15) is 23.2 Å². The second kappa shape index (κ2) is 8.91. The summed E-state index contributed by atoms with van der Waals surface area (Å²) in [6, 6.07) is 10.9. The van der Waals surface area contributed by atoms with Crippen LogP contribution in [0.3, 0.4) is 0 Å². The number of carbonyl (C=O) groups is 2. The Morgan fingerprint density at radius 1 is 1.17 bits per heavy atom. The Hall–Kier alpha value is -3.13. The fourth-order valence-corrected chi connectivity index (χ4v) is 3.40. The van der Waals surface area contributed by atoms with Crippen LogP contribution in [0.5, 0.6) is 0 Å². The zero-order valence-corrected chi connectivity index (χ0v) is 16.7. The molecule has 2 aromatic carbocycles. The van der Waals surface area contributed by atoms with Gasteiger partial charge in [0.05, 0.1) is 22.7 Å². The van der Waals surface area contributed by atoms with E-state index in [9.17, 15) is 19.7 Å². The highest BCUT2D eigenvalue weighted by Gasteiger charge is 2.25. The molecule has 0 saturated carbocycles. The van der Waals surface area contributed by atoms with Gasteiger partial charge in [0, 0.05) is 43.0 Å². The minimum absolute atomic E-state index is 0.157. The number of likely N-dealkylation sites (N-methyl/N-ethyl adjacent to an activating group) is 1. The molecule has 1 saturated heterocycles. The number of nitrogens with one attached hydrogen (secondary N) is 1. The van der Waals surface area contributed by atoms with Gasteiger partial charge in [-0.25, -0.2) is 0 Å². The van der Waals surface area contributed by atoms with E-state index in [1.165, 1.54) is 24.1 Å². The van der Waals surface area contributed by atoms with Gasteiger partial charge in [0.25, 0.3) is 11.6 Å². The second-order valence-corrected chi connectivity index (χ2v) is 7.31. The van der Waals surface area contributed by atoms with Gasteiger partial charge in [0.15, 0.2) is 0 Å². The number of hydrogen-bond acceptors (Lipinski definition) is 5. The van der Waals surface area contributed by atoms with Crippen molar-refractivity contribution in [3.63, 3.8) is 0 Å². The average Bonchev–Trinajstić information content (AvgIpc) is 3.23. The monoisotopic (exact) mass is 416 g/mol. The molecule has 0 bridgehead atoms. The van der Waals surface area contributed by atoms with E-state index in [-0.39, 0.29) is 23.7 Å². The number of hydrogen-bond donors (Lipinski definition) is 1. The summed E-state index contributed by atoms with van der Waals surface area (Å²) < 4.78 is 0. The number of nitrogens with zero attached hydrogens (tertiary/aromatic N) is 3. The first-order valence-corrected chi connectivity index (χ1v) is 9.57. The van der Waals surface area contributed by atoms with Gasteiger partial charge in [-0.05, 0) is 43.2 Å². The summed E-state index contributed by atoms with van der Waals surface area (Å²) in [5.74, 6) is -0.821. The van der Waals surface area contributed by atoms with Crippen molar-refractivity contribution in [2.45, 2.75) is 12.8 Å². The van der Waals surface area contributed by atoms with Crippen LogP contribution >= 0.6 is 11.6 Å². The van der Waals surface area contributed by atoms with Crippen molar-refractivity contribution in [1.82, 2.24) is 4.90 Å². The third kappa shape index (κ3) is 5.03. The molecule has 1 N–H and O–H groups in total. The van der Waals surface area contributed by atoms with E-state index in [2.05, 4.69) is 5.32 Å². The third-order valence-corrected chi connectivity index (χ3v) is 4.98. The van der Waals surface area contributed by atoms with Crippen molar-refractivity contribution in [3.8, 4) is 0 Å². The average molecular weight is 417 g/mol. The topological polar surface area (TPSA) is 95.8 Å².